The molecule has 1 amide bonds. The summed E-state index contributed by atoms with van der Waals surface area (Å²) in [6.45, 7) is 2.06. The van der Waals surface area contributed by atoms with E-state index in [-0.39, 0.29) is 5.91 Å². The van der Waals surface area contributed by atoms with E-state index in [1.165, 1.54) is 0 Å². The molecule has 2 aromatic heterocycles. The Balaban J connectivity index is 1.59. The summed E-state index contributed by atoms with van der Waals surface area (Å²) in [6, 6.07) is 14.1. The number of amides is 1. The molecular formula is C24H27N5O. The number of rotatable bonds is 5. The van der Waals surface area contributed by atoms with Crippen LogP contribution in [0.4, 0.5) is 0 Å². The van der Waals surface area contributed by atoms with Crippen LogP contribution in [0.1, 0.15) is 18.4 Å². The summed E-state index contributed by atoms with van der Waals surface area (Å²) in [5.74, 6) is 0.0224. The topological polar surface area (TPSA) is 54.3 Å². The van der Waals surface area contributed by atoms with Crippen molar-refractivity contribution in [3.63, 3.8) is 0 Å². The normalized spacial score (nSPS) is 15.5. The van der Waals surface area contributed by atoms with Crippen molar-refractivity contribution in [2.24, 2.45) is 0 Å². The number of benzene rings is 1. The molecule has 1 fully saturated rings. The highest BCUT2D eigenvalue weighted by molar-refractivity contribution is 5.93. The van der Waals surface area contributed by atoms with Crippen LogP contribution < -0.4 is 0 Å². The Hall–Kier alpha value is -3.25. The van der Waals surface area contributed by atoms with Crippen LogP contribution >= 0.6 is 0 Å². The van der Waals surface area contributed by atoms with Crippen LogP contribution in [0.3, 0.4) is 0 Å². The molecule has 6 nitrogen and oxygen atoms in total. The Morgan fingerprint density at radius 2 is 1.90 bits per heavy atom. The van der Waals surface area contributed by atoms with Gasteiger partial charge in [0.2, 0.25) is 5.91 Å². The second kappa shape index (κ2) is 9.05. The molecule has 0 bridgehead atoms. The molecule has 0 aliphatic carbocycles. The summed E-state index contributed by atoms with van der Waals surface area (Å²) >= 11 is 0. The van der Waals surface area contributed by atoms with Crippen molar-refractivity contribution < 1.29 is 4.79 Å². The average Bonchev–Trinajstić information content (AvgIpc) is 3.23. The number of likely N-dealkylation sites (tertiary alicyclic amines) is 1. The maximum Gasteiger partial charge on any atom is 0.246 e. The van der Waals surface area contributed by atoms with Gasteiger partial charge in [0.1, 0.15) is 5.69 Å². The molecule has 1 aliphatic heterocycles. The lowest BCUT2D eigenvalue weighted by Gasteiger charge is -2.34. The first-order chi connectivity index (χ1) is 14.6. The lowest BCUT2D eigenvalue weighted by atomic mass is 10.0. The average molecular weight is 402 g/mol. The molecule has 0 atom stereocenters. The molecule has 0 spiro atoms. The van der Waals surface area contributed by atoms with Crippen molar-refractivity contribution in [3.05, 3.63) is 72.7 Å². The van der Waals surface area contributed by atoms with Crippen molar-refractivity contribution in [1.29, 1.82) is 0 Å². The molecule has 1 saturated heterocycles. The van der Waals surface area contributed by atoms with Crippen LogP contribution in [-0.4, -0.2) is 63.7 Å². The van der Waals surface area contributed by atoms with E-state index in [4.69, 9.17) is 5.10 Å². The lowest BCUT2D eigenvalue weighted by Crippen LogP contribution is -2.43. The number of carbonyl (C=O) groups excluding carboxylic acids is 1. The molecular weight excluding hydrogens is 374 g/mol. The minimum absolute atomic E-state index is 0.0224. The number of hydrogen-bond acceptors (Lipinski definition) is 4. The van der Waals surface area contributed by atoms with Crippen LogP contribution in [0.2, 0.25) is 0 Å². The van der Waals surface area contributed by atoms with E-state index in [2.05, 4.69) is 16.9 Å². The maximum absolute atomic E-state index is 12.8. The molecule has 0 unspecified atom stereocenters. The highest BCUT2D eigenvalue weighted by atomic mass is 16.2. The van der Waals surface area contributed by atoms with E-state index >= 15 is 0 Å². The first-order valence-corrected chi connectivity index (χ1v) is 10.3. The van der Waals surface area contributed by atoms with E-state index in [0.29, 0.717) is 6.04 Å². The van der Waals surface area contributed by atoms with Gasteiger partial charge in [0, 0.05) is 48.9 Å². The Kier molecular flexibility index (Phi) is 6.05. The summed E-state index contributed by atoms with van der Waals surface area (Å²) in [4.78, 5) is 21.2. The molecule has 0 saturated carbocycles. The van der Waals surface area contributed by atoms with Gasteiger partial charge in [-0.05, 0) is 63.3 Å². The predicted octanol–water partition coefficient (Wildman–Crippen LogP) is 3.50. The zero-order valence-corrected chi connectivity index (χ0v) is 17.5. The standard InChI is InChI=1S/C24H27N5O/c1-27-15-12-21(13-16-27)28(2)23(30)11-10-20-18-29(22-8-4-3-5-9-22)26-24(20)19-7-6-14-25-17-19/h3-11,14,17-18,21H,12-13,15-16H2,1-2H3. The Bertz CT molecular complexity index is 1000. The van der Waals surface area contributed by atoms with Crippen LogP contribution in [0, 0.1) is 0 Å². The number of likely N-dealkylation sites (N-methyl/N-ethyl adjacent to an activating group) is 1. The number of hydrogen-bond donors (Lipinski definition) is 0. The minimum atomic E-state index is 0.0224. The largest absolute Gasteiger partial charge is 0.339 e. The van der Waals surface area contributed by atoms with Gasteiger partial charge in [-0.3, -0.25) is 9.78 Å². The van der Waals surface area contributed by atoms with Gasteiger partial charge >= 0.3 is 0 Å². The summed E-state index contributed by atoms with van der Waals surface area (Å²) in [7, 11) is 4.03. The van der Waals surface area contributed by atoms with Gasteiger partial charge in [-0.2, -0.15) is 5.10 Å². The molecule has 1 aromatic carbocycles. The summed E-state index contributed by atoms with van der Waals surface area (Å²) in [6.07, 6.45) is 11.0. The zero-order valence-electron chi connectivity index (χ0n) is 17.5. The quantitative estimate of drug-likeness (QED) is 0.614. The molecule has 3 aromatic rings. The summed E-state index contributed by atoms with van der Waals surface area (Å²) in [5.41, 5.74) is 3.58. The molecule has 4 rings (SSSR count). The molecule has 3 heterocycles. The zero-order chi connectivity index (χ0) is 20.9. The second-order valence-corrected chi connectivity index (χ2v) is 7.77. The molecule has 154 valence electrons. The number of carbonyl (C=O) groups is 1. The van der Waals surface area contributed by atoms with Gasteiger partial charge < -0.3 is 9.80 Å². The van der Waals surface area contributed by atoms with E-state index in [9.17, 15) is 4.79 Å². The van der Waals surface area contributed by atoms with E-state index in [0.717, 1.165) is 48.4 Å². The van der Waals surface area contributed by atoms with Crippen LogP contribution in [-0.2, 0) is 4.79 Å². The summed E-state index contributed by atoms with van der Waals surface area (Å²) < 4.78 is 1.84. The molecule has 30 heavy (non-hydrogen) atoms. The fourth-order valence-corrected chi connectivity index (χ4v) is 3.79. The monoisotopic (exact) mass is 401 g/mol. The smallest absolute Gasteiger partial charge is 0.246 e. The van der Waals surface area contributed by atoms with Crippen LogP contribution in [0.5, 0.6) is 0 Å². The first-order valence-electron chi connectivity index (χ1n) is 10.3. The predicted molar refractivity (Wildman–Crippen MR) is 119 cm³/mol. The third-order valence-corrected chi connectivity index (χ3v) is 5.69. The van der Waals surface area contributed by atoms with Crippen LogP contribution in [0.25, 0.3) is 23.0 Å². The second-order valence-electron chi connectivity index (χ2n) is 7.77. The highest BCUT2D eigenvalue weighted by Gasteiger charge is 2.22. The van der Waals surface area contributed by atoms with Crippen molar-refractivity contribution in [2.45, 2.75) is 18.9 Å². The number of nitrogens with zero attached hydrogens (tertiary/aromatic N) is 5. The Morgan fingerprint density at radius 3 is 2.60 bits per heavy atom. The number of para-hydroxylation sites is 1. The number of pyridine rings is 1. The van der Waals surface area contributed by atoms with Gasteiger partial charge in [-0.1, -0.05) is 18.2 Å². The van der Waals surface area contributed by atoms with Gasteiger partial charge in [-0.15, -0.1) is 0 Å². The lowest BCUT2D eigenvalue weighted by molar-refractivity contribution is -0.127. The van der Waals surface area contributed by atoms with Gasteiger partial charge in [0.05, 0.1) is 5.69 Å². The summed E-state index contributed by atoms with van der Waals surface area (Å²) in [5, 5.41) is 4.77. The van der Waals surface area contributed by atoms with Crippen molar-refractivity contribution in [1.82, 2.24) is 24.6 Å². The minimum Gasteiger partial charge on any atom is -0.339 e. The van der Waals surface area contributed by atoms with E-state index < -0.39 is 0 Å². The van der Waals surface area contributed by atoms with Crippen LogP contribution in [0.15, 0.2) is 67.1 Å². The molecule has 6 heteroatoms. The fourth-order valence-electron chi connectivity index (χ4n) is 3.79. The number of piperidine rings is 1. The number of aromatic nitrogens is 3. The van der Waals surface area contributed by atoms with Gasteiger partial charge in [-0.25, -0.2) is 4.68 Å². The fraction of sp³-hybridized carbons (Fsp3) is 0.292. The van der Waals surface area contributed by atoms with Crippen molar-refractivity contribution >= 4 is 12.0 Å². The van der Waals surface area contributed by atoms with Gasteiger partial charge in [0.25, 0.3) is 0 Å². The third-order valence-electron chi connectivity index (χ3n) is 5.69. The first kappa shape index (κ1) is 20.0. The third kappa shape index (κ3) is 4.49. The van der Waals surface area contributed by atoms with E-state index in [1.54, 1.807) is 18.5 Å². The van der Waals surface area contributed by atoms with Crippen molar-refractivity contribution in [2.75, 3.05) is 27.2 Å². The van der Waals surface area contributed by atoms with E-state index in [1.807, 2.05) is 71.4 Å². The maximum atomic E-state index is 12.8. The SMILES string of the molecule is CN1CCC(N(C)C(=O)C=Cc2cn(-c3ccccc3)nc2-c2cccnc2)CC1. The Labute approximate surface area is 177 Å². The molecule has 0 radical (unpaired) electrons. The molecule has 1 aliphatic rings. The Morgan fingerprint density at radius 1 is 1.13 bits per heavy atom. The van der Waals surface area contributed by atoms with Gasteiger partial charge in [0.15, 0.2) is 0 Å². The molecule has 0 N–H and O–H groups in total. The van der Waals surface area contributed by atoms with Crippen molar-refractivity contribution in [3.8, 4) is 16.9 Å². The highest BCUT2D eigenvalue weighted by Crippen LogP contribution is 2.24.